The van der Waals surface area contributed by atoms with Gasteiger partial charge < -0.3 is 9.47 Å². The lowest BCUT2D eigenvalue weighted by molar-refractivity contribution is -0.118. The van der Waals surface area contributed by atoms with E-state index < -0.39 is 0 Å². The minimum absolute atomic E-state index is 0.0299. The fourth-order valence-corrected chi connectivity index (χ4v) is 4.67. The van der Waals surface area contributed by atoms with Crippen LogP contribution in [0, 0.1) is 0 Å². The van der Waals surface area contributed by atoms with Crippen LogP contribution in [0.4, 0.5) is 5.13 Å². The van der Waals surface area contributed by atoms with E-state index >= 15 is 0 Å². The Kier molecular flexibility index (Phi) is 6.33. The number of ether oxygens (including phenoxy) is 2. The molecule has 0 radical (unpaired) electrons. The summed E-state index contributed by atoms with van der Waals surface area (Å²) in [4.78, 5) is 19.7. The number of aromatic nitrogens is 1. The second-order valence-electron chi connectivity index (χ2n) is 6.97. The van der Waals surface area contributed by atoms with E-state index in [2.05, 4.69) is 0 Å². The highest BCUT2D eigenvalue weighted by Crippen LogP contribution is 2.33. The molecule has 0 saturated carbocycles. The van der Waals surface area contributed by atoms with Crippen LogP contribution in [0.1, 0.15) is 25.3 Å². The van der Waals surface area contributed by atoms with Gasteiger partial charge in [-0.1, -0.05) is 41.1 Å². The van der Waals surface area contributed by atoms with E-state index in [-0.39, 0.29) is 18.4 Å². The van der Waals surface area contributed by atoms with Crippen LogP contribution in [-0.4, -0.2) is 36.8 Å². The Morgan fingerprint density at radius 3 is 2.97 bits per heavy atom. The Morgan fingerprint density at radius 2 is 2.21 bits per heavy atom. The molecule has 5 nitrogen and oxygen atoms in total. The number of nitrogens with zero attached hydrogens (tertiary/aromatic N) is 2. The number of halogens is 1. The van der Waals surface area contributed by atoms with E-state index in [1.807, 2.05) is 49.4 Å². The molecular formula is C22H23ClN2O3S. The predicted molar refractivity (Wildman–Crippen MR) is 117 cm³/mol. The Hall–Kier alpha value is -2.15. The van der Waals surface area contributed by atoms with E-state index in [0.29, 0.717) is 23.3 Å². The fourth-order valence-electron chi connectivity index (χ4n) is 3.44. The van der Waals surface area contributed by atoms with Crippen molar-refractivity contribution in [3.8, 4) is 5.75 Å². The van der Waals surface area contributed by atoms with Crippen molar-refractivity contribution in [3.05, 3.63) is 53.1 Å². The second kappa shape index (κ2) is 9.11. The van der Waals surface area contributed by atoms with E-state index in [4.69, 9.17) is 26.1 Å². The third-order valence-corrected chi connectivity index (χ3v) is 6.31. The van der Waals surface area contributed by atoms with Crippen molar-refractivity contribution < 1.29 is 14.3 Å². The van der Waals surface area contributed by atoms with Gasteiger partial charge in [-0.2, -0.15) is 0 Å². The summed E-state index contributed by atoms with van der Waals surface area (Å²) in [6.07, 6.45) is 2.24. The number of hydrogen-bond acceptors (Lipinski definition) is 5. The number of benzene rings is 2. The molecule has 3 aromatic rings. The second-order valence-corrected chi connectivity index (χ2v) is 8.38. The van der Waals surface area contributed by atoms with Crippen LogP contribution in [0.15, 0.2) is 42.5 Å². The van der Waals surface area contributed by atoms with E-state index in [0.717, 1.165) is 41.0 Å². The van der Waals surface area contributed by atoms with Crippen LogP contribution in [-0.2, 0) is 16.0 Å². The van der Waals surface area contributed by atoms with Crippen molar-refractivity contribution in [3.63, 3.8) is 0 Å². The number of amides is 1. The number of carbonyl (C=O) groups is 1. The first-order valence-electron chi connectivity index (χ1n) is 9.83. The first kappa shape index (κ1) is 20.1. The molecule has 2 heterocycles. The number of rotatable bonds is 7. The molecule has 1 fully saturated rings. The predicted octanol–water partition coefficient (Wildman–Crippen LogP) is 5.10. The molecule has 1 aliphatic heterocycles. The van der Waals surface area contributed by atoms with Gasteiger partial charge in [0.2, 0.25) is 5.91 Å². The van der Waals surface area contributed by atoms with Gasteiger partial charge in [-0.3, -0.25) is 9.69 Å². The van der Waals surface area contributed by atoms with Crippen LogP contribution in [0.5, 0.6) is 5.75 Å². The first-order valence-corrected chi connectivity index (χ1v) is 11.0. The zero-order valence-corrected chi connectivity index (χ0v) is 17.8. The van der Waals surface area contributed by atoms with Gasteiger partial charge in [0.1, 0.15) is 5.75 Å². The molecule has 29 heavy (non-hydrogen) atoms. The molecule has 0 spiro atoms. The van der Waals surface area contributed by atoms with Crippen LogP contribution in [0.25, 0.3) is 10.2 Å². The van der Waals surface area contributed by atoms with E-state index in [1.54, 1.807) is 4.90 Å². The SMILES string of the molecule is CCOc1ccc2nc(N(CC3CCCO3)C(=O)Cc3ccccc3Cl)sc2c1. The van der Waals surface area contributed by atoms with E-state index in [9.17, 15) is 4.79 Å². The third-order valence-electron chi connectivity index (χ3n) is 4.90. The quantitative estimate of drug-likeness (QED) is 0.523. The summed E-state index contributed by atoms with van der Waals surface area (Å²) in [5.74, 6) is 0.779. The van der Waals surface area contributed by atoms with Crippen molar-refractivity contribution in [2.75, 3.05) is 24.7 Å². The molecular weight excluding hydrogens is 408 g/mol. The van der Waals surface area contributed by atoms with Crippen LogP contribution >= 0.6 is 22.9 Å². The summed E-state index contributed by atoms with van der Waals surface area (Å²) >= 11 is 7.78. The number of carbonyl (C=O) groups excluding carboxylic acids is 1. The number of anilines is 1. The standard InChI is InChI=1S/C22H23ClN2O3S/c1-2-27-16-9-10-19-20(13-16)29-22(24-19)25(14-17-7-5-11-28-17)21(26)12-15-6-3-4-8-18(15)23/h3-4,6,8-10,13,17H,2,5,7,11-12,14H2,1H3. The highest BCUT2D eigenvalue weighted by molar-refractivity contribution is 7.22. The Morgan fingerprint density at radius 1 is 1.34 bits per heavy atom. The highest BCUT2D eigenvalue weighted by Gasteiger charge is 2.26. The average Bonchev–Trinajstić information content (AvgIpc) is 3.37. The molecule has 1 atom stereocenters. The molecule has 1 amide bonds. The summed E-state index contributed by atoms with van der Waals surface area (Å²) in [6, 6.07) is 13.3. The monoisotopic (exact) mass is 430 g/mol. The van der Waals surface area contributed by atoms with Gasteiger partial charge in [0.25, 0.3) is 0 Å². The maximum absolute atomic E-state index is 13.3. The Labute approximate surface area is 179 Å². The zero-order valence-electron chi connectivity index (χ0n) is 16.3. The molecule has 2 aromatic carbocycles. The summed E-state index contributed by atoms with van der Waals surface area (Å²) in [6.45, 7) is 3.81. The third kappa shape index (κ3) is 4.71. The molecule has 0 aliphatic carbocycles. The van der Waals surface area contributed by atoms with E-state index in [1.165, 1.54) is 11.3 Å². The Balaban J connectivity index is 1.63. The average molecular weight is 431 g/mol. The number of hydrogen-bond donors (Lipinski definition) is 0. The van der Waals surface area contributed by atoms with Crippen molar-refractivity contribution in [1.82, 2.24) is 4.98 Å². The zero-order chi connectivity index (χ0) is 20.2. The molecule has 1 saturated heterocycles. The minimum atomic E-state index is -0.0299. The maximum atomic E-state index is 13.3. The van der Waals surface area contributed by atoms with Crippen LogP contribution in [0.3, 0.4) is 0 Å². The summed E-state index contributed by atoms with van der Waals surface area (Å²) in [5.41, 5.74) is 1.67. The minimum Gasteiger partial charge on any atom is -0.494 e. The normalized spacial score (nSPS) is 16.3. The Bertz CT molecular complexity index is 1000. The largest absolute Gasteiger partial charge is 0.494 e. The molecule has 1 aliphatic rings. The molecule has 1 unspecified atom stereocenters. The smallest absolute Gasteiger partial charge is 0.233 e. The molecule has 4 rings (SSSR count). The van der Waals surface area contributed by atoms with Gasteiger partial charge in [0.15, 0.2) is 5.13 Å². The lowest BCUT2D eigenvalue weighted by Gasteiger charge is -2.23. The van der Waals surface area contributed by atoms with Gasteiger partial charge in [0.05, 0.1) is 35.9 Å². The molecule has 0 bridgehead atoms. The fraction of sp³-hybridized carbons (Fsp3) is 0.364. The number of thiazole rings is 1. The van der Waals surface area contributed by atoms with Gasteiger partial charge in [-0.05, 0) is 49.6 Å². The van der Waals surface area contributed by atoms with Crippen molar-refractivity contribution in [2.24, 2.45) is 0 Å². The first-order chi connectivity index (χ1) is 14.1. The molecule has 7 heteroatoms. The van der Waals surface area contributed by atoms with Crippen molar-refractivity contribution in [1.29, 1.82) is 0 Å². The van der Waals surface area contributed by atoms with Crippen molar-refractivity contribution in [2.45, 2.75) is 32.3 Å². The van der Waals surface area contributed by atoms with Crippen molar-refractivity contribution >= 4 is 44.2 Å². The summed E-state index contributed by atoms with van der Waals surface area (Å²) < 4.78 is 12.4. The maximum Gasteiger partial charge on any atom is 0.233 e. The topological polar surface area (TPSA) is 51.7 Å². The lowest BCUT2D eigenvalue weighted by Crippen LogP contribution is -2.38. The molecule has 1 aromatic heterocycles. The summed E-state index contributed by atoms with van der Waals surface area (Å²) in [7, 11) is 0. The van der Waals surface area contributed by atoms with Gasteiger partial charge in [-0.25, -0.2) is 4.98 Å². The van der Waals surface area contributed by atoms with Crippen LogP contribution in [0.2, 0.25) is 5.02 Å². The summed E-state index contributed by atoms with van der Waals surface area (Å²) in [5, 5.41) is 1.28. The van der Waals surface area contributed by atoms with Gasteiger partial charge in [-0.15, -0.1) is 0 Å². The van der Waals surface area contributed by atoms with Gasteiger partial charge in [0, 0.05) is 11.6 Å². The molecule has 0 N–H and O–H groups in total. The number of fused-ring (bicyclic) bond motifs is 1. The lowest BCUT2D eigenvalue weighted by atomic mass is 10.1. The van der Waals surface area contributed by atoms with Gasteiger partial charge >= 0.3 is 0 Å². The molecule has 152 valence electrons. The highest BCUT2D eigenvalue weighted by atomic mass is 35.5. The van der Waals surface area contributed by atoms with Crippen LogP contribution < -0.4 is 9.64 Å².